The minimum absolute atomic E-state index is 0.0207. The molecule has 25 heavy (non-hydrogen) atoms. The summed E-state index contributed by atoms with van der Waals surface area (Å²) in [7, 11) is -2.08. The fourth-order valence-electron chi connectivity index (χ4n) is 2.68. The first kappa shape index (κ1) is 20.1. The molecule has 0 unspecified atom stereocenters. The fraction of sp³-hybridized carbons (Fsp3) is 0.765. The van der Waals surface area contributed by atoms with Gasteiger partial charge in [-0.15, -0.1) is 0 Å². The van der Waals surface area contributed by atoms with Crippen molar-refractivity contribution < 1.29 is 14.3 Å². The quantitative estimate of drug-likeness (QED) is 0.790. The van der Waals surface area contributed by atoms with Crippen LogP contribution in [0.3, 0.4) is 0 Å². The van der Waals surface area contributed by atoms with Crippen LogP contribution in [0.4, 0.5) is 0 Å². The molecule has 0 bridgehead atoms. The third-order valence-electron chi connectivity index (χ3n) is 5.52. The van der Waals surface area contributed by atoms with E-state index in [4.69, 9.17) is 9.16 Å². The highest BCUT2D eigenvalue weighted by Crippen LogP contribution is 2.44. The van der Waals surface area contributed by atoms with E-state index in [1.807, 2.05) is 0 Å². The van der Waals surface area contributed by atoms with E-state index in [-0.39, 0.29) is 17.7 Å². The first-order valence-electron chi connectivity index (χ1n) is 8.59. The molecule has 1 aromatic rings. The van der Waals surface area contributed by atoms with Gasteiger partial charge in [-0.3, -0.25) is 14.3 Å². The molecule has 1 aliphatic heterocycles. The molecule has 7 nitrogen and oxygen atoms in total. The van der Waals surface area contributed by atoms with Crippen molar-refractivity contribution in [1.29, 1.82) is 0 Å². The predicted octanol–water partition coefficient (Wildman–Crippen LogP) is 1.91. The molecule has 2 rings (SSSR count). The van der Waals surface area contributed by atoms with Gasteiger partial charge in [0.05, 0.1) is 12.7 Å². The highest BCUT2D eigenvalue weighted by Gasteiger charge is 2.50. The van der Waals surface area contributed by atoms with Crippen LogP contribution in [0.25, 0.3) is 0 Å². The first-order valence-corrected chi connectivity index (χ1v) is 11.5. The lowest BCUT2D eigenvalue weighted by Gasteiger charge is -2.41. The predicted molar refractivity (Wildman–Crippen MR) is 98.4 cm³/mol. The largest absolute Gasteiger partial charge is 0.411 e. The van der Waals surface area contributed by atoms with Crippen LogP contribution in [0.5, 0.6) is 0 Å². The maximum atomic E-state index is 12.2. The molecule has 0 aliphatic carbocycles. The number of nitrogens with one attached hydrogen (secondary N) is 1. The molecule has 1 fully saturated rings. The van der Waals surface area contributed by atoms with E-state index in [0.29, 0.717) is 12.0 Å². The number of nitrogens with zero attached hydrogens (tertiary/aromatic N) is 1. The Bertz CT molecular complexity index is 749. The summed E-state index contributed by atoms with van der Waals surface area (Å²) in [5.74, 6) is 0. The third kappa shape index (κ3) is 3.81. The highest BCUT2D eigenvalue weighted by molar-refractivity contribution is 6.74. The summed E-state index contributed by atoms with van der Waals surface area (Å²) in [6.45, 7) is 14.0. The molecule has 142 valence electrons. The molecule has 0 amide bonds. The second-order valence-electron chi connectivity index (χ2n) is 8.62. The van der Waals surface area contributed by atoms with Crippen LogP contribution in [0, 0.1) is 6.92 Å². The summed E-state index contributed by atoms with van der Waals surface area (Å²) in [4.78, 5) is 26.0. The zero-order chi connectivity index (χ0) is 19.2. The van der Waals surface area contributed by atoms with Gasteiger partial charge in [0, 0.05) is 18.2 Å². The Morgan fingerprint density at radius 1 is 1.44 bits per heavy atom. The number of aliphatic hydroxyl groups is 1. The Balaban J connectivity index is 2.35. The van der Waals surface area contributed by atoms with Gasteiger partial charge < -0.3 is 14.3 Å². The first-order chi connectivity index (χ1) is 11.3. The van der Waals surface area contributed by atoms with E-state index >= 15 is 0 Å². The summed E-state index contributed by atoms with van der Waals surface area (Å²) >= 11 is 0. The van der Waals surface area contributed by atoms with Crippen LogP contribution < -0.4 is 11.2 Å². The van der Waals surface area contributed by atoms with E-state index in [0.717, 1.165) is 0 Å². The van der Waals surface area contributed by atoms with Gasteiger partial charge in [-0.1, -0.05) is 20.8 Å². The number of aliphatic hydroxyl groups excluding tert-OH is 1. The molecule has 0 aromatic carbocycles. The fourth-order valence-corrected chi connectivity index (χ4v) is 4.09. The topological polar surface area (TPSA) is 93.6 Å². The lowest BCUT2D eigenvalue weighted by molar-refractivity contribution is -0.114. The van der Waals surface area contributed by atoms with Crippen molar-refractivity contribution >= 4 is 8.32 Å². The number of hydrogen-bond donors (Lipinski definition) is 2. The summed E-state index contributed by atoms with van der Waals surface area (Å²) in [6.07, 6.45) is 1.02. The summed E-state index contributed by atoms with van der Waals surface area (Å²) in [5, 5.41) is 9.91. The van der Waals surface area contributed by atoms with E-state index in [1.54, 1.807) is 13.8 Å². The zero-order valence-electron chi connectivity index (χ0n) is 16.2. The highest BCUT2D eigenvalue weighted by atomic mass is 28.4. The van der Waals surface area contributed by atoms with Crippen molar-refractivity contribution in [1.82, 2.24) is 9.55 Å². The van der Waals surface area contributed by atoms with Gasteiger partial charge in [0.25, 0.3) is 5.56 Å². The lowest BCUT2D eigenvalue weighted by Crippen LogP contribution is -2.50. The summed E-state index contributed by atoms with van der Waals surface area (Å²) in [6, 6.07) is 0. The molecule has 8 heteroatoms. The Morgan fingerprint density at radius 3 is 2.56 bits per heavy atom. The van der Waals surface area contributed by atoms with E-state index in [1.165, 1.54) is 10.8 Å². The smallest absolute Gasteiger partial charge is 0.330 e. The molecular weight excluding hydrogens is 340 g/mol. The van der Waals surface area contributed by atoms with Gasteiger partial charge in [-0.05, 0) is 32.0 Å². The molecular formula is C17H30N2O5Si. The standard InChI is InChI=1S/C17H30N2O5Si/c1-11-9-19(15(22)18-14(11)21)13-8-12(17(5,10-20)23-13)24-25(6,7)16(2,3)4/h9,12-13,20H,8,10H2,1-7H3,(H,18,21,22)/t12-,13+,17+/m0/s1. The molecule has 1 aromatic heterocycles. The number of aromatic amines is 1. The van der Waals surface area contributed by atoms with Crippen molar-refractivity contribution in [2.45, 2.75) is 77.1 Å². The number of aromatic nitrogens is 2. The second-order valence-corrected chi connectivity index (χ2v) is 13.4. The van der Waals surface area contributed by atoms with Crippen LogP contribution in [-0.4, -0.2) is 41.3 Å². The normalized spacial score (nSPS) is 27.7. The van der Waals surface area contributed by atoms with Crippen molar-refractivity contribution in [2.75, 3.05) is 6.61 Å². The summed E-state index contributed by atoms with van der Waals surface area (Å²) < 4.78 is 13.9. The molecule has 0 saturated carbocycles. The number of ether oxygens (including phenoxy) is 1. The Morgan fingerprint density at radius 2 is 2.04 bits per heavy atom. The van der Waals surface area contributed by atoms with E-state index in [2.05, 4.69) is 38.8 Å². The summed E-state index contributed by atoms with van der Waals surface area (Å²) in [5.41, 5.74) is -1.39. The second kappa shape index (κ2) is 6.50. The van der Waals surface area contributed by atoms with Gasteiger partial charge in [-0.2, -0.15) is 0 Å². The maximum absolute atomic E-state index is 12.2. The van der Waals surface area contributed by atoms with Gasteiger partial charge in [-0.25, -0.2) is 4.79 Å². The van der Waals surface area contributed by atoms with E-state index < -0.39 is 31.4 Å². The maximum Gasteiger partial charge on any atom is 0.330 e. The molecule has 2 heterocycles. The van der Waals surface area contributed by atoms with Crippen LogP contribution in [-0.2, 0) is 9.16 Å². The number of hydrogen-bond acceptors (Lipinski definition) is 5. The van der Waals surface area contributed by atoms with Crippen molar-refractivity contribution in [3.8, 4) is 0 Å². The van der Waals surface area contributed by atoms with Gasteiger partial charge in [0.2, 0.25) is 0 Å². The molecule has 0 radical (unpaired) electrons. The minimum Gasteiger partial charge on any atom is -0.411 e. The van der Waals surface area contributed by atoms with Crippen LogP contribution in [0.1, 0.15) is 45.9 Å². The molecule has 1 saturated heterocycles. The number of rotatable bonds is 4. The van der Waals surface area contributed by atoms with E-state index in [9.17, 15) is 14.7 Å². The average Bonchev–Trinajstić information content (AvgIpc) is 2.79. The number of H-pyrrole nitrogens is 1. The van der Waals surface area contributed by atoms with Crippen molar-refractivity contribution in [2.24, 2.45) is 0 Å². The Hall–Kier alpha value is -1.22. The Labute approximate surface area is 149 Å². The minimum atomic E-state index is -2.08. The van der Waals surface area contributed by atoms with Crippen molar-refractivity contribution in [3.63, 3.8) is 0 Å². The lowest BCUT2D eigenvalue weighted by atomic mass is 10.0. The van der Waals surface area contributed by atoms with Gasteiger partial charge >= 0.3 is 5.69 Å². The molecule has 3 atom stereocenters. The molecule has 0 spiro atoms. The van der Waals surface area contributed by atoms with Crippen molar-refractivity contribution in [3.05, 3.63) is 32.6 Å². The third-order valence-corrected chi connectivity index (χ3v) is 10.0. The van der Waals surface area contributed by atoms with Crippen LogP contribution in [0.15, 0.2) is 15.8 Å². The zero-order valence-corrected chi connectivity index (χ0v) is 17.2. The van der Waals surface area contributed by atoms with Crippen LogP contribution >= 0.6 is 0 Å². The monoisotopic (exact) mass is 370 g/mol. The van der Waals surface area contributed by atoms with Gasteiger partial charge in [0.15, 0.2) is 8.32 Å². The van der Waals surface area contributed by atoms with Crippen LogP contribution in [0.2, 0.25) is 18.1 Å². The number of aryl methyl sites for hydroxylation is 1. The molecule has 2 N–H and O–H groups in total. The SMILES string of the molecule is Cc1cn([C@H]2C[C@H](O[Si](C)(C)C(C)(C)C)[C@@](C)(CO)O2)c(=O)[nH]c1=O. The Kier molecular flexibility index (Phi) is 5.22. The van der Waals surface area contributed by atoms with Gasteiger partial charge in [0.1, 0.15) is 11.8 Å². The molecule has 1 aliphatic rings. The average molecular weight is 371 g/mol.